The van der Waals surface area contributed by atoms with E-state index >= 15 is 0 Å². The van der Waals surface area contributed by atoms with Gasteiger partial charge in [0.2, 0.25) is 0 Å². The molecule has 1 fully saturated rings. The van der Waals surface area contributed by atoms with Gasteiger partial charge in [-0.1, -0.05) is 91.0 Å². The van der Waals surface area contributed by atoms with Crippen LogP contribution in [-0.2, 0) is 6.54 Å². The maximum Gasteiger partial charge on any atom is 0.0601 e. The van der Waals surface area contributed by atoms with Crippen LogP contribution in [0.25, 0.3) is 0 Å². The number of benzene rings is 3. The van der Waals surface area contributed by atoms with Crippen molar-refractivity contribution in [2.75, 3.05) is 13.1 Å². The number of rotatable bonds is 6. The minimum atomic E-state index is 0.350. The second-order valence-corrected chi connectivity index (χ2v) is 7.40. The van der Waals surface area contributed by atoms with E-state index in [0.29, 0.717) is 12.1 Å². The van der Waals surface area contributed by atoms with Crippen LogP contribution in [0, 0.1) is 0 Å². The van der Waals surface area contributed by atoms with Gasteiger partial charge in [0.05, 0.1) is 6.04 Å². The molecular formula is C25H28N2. The zero-order valence-electron chi connectivity index (χ0n) is 15.8. The lowest BCUT2D eigenvalue weighted by Gasteiger charge is -2.38. The smallest absolute Gasteiger partial charge is 0.0601 e. The average molecular weight is 357 g/mol. The number of nitrogens with one attached hydrogen (secondary N) is 1. The fourth-order valence-electron chi connectivity index (χ4n) is 4.10. The van der Waals surface area contributed by atoms with Gasteiger partial charge in [-0.25, -0.2) is 0 Å². The highest BCUT2D eigenvalue weighted by Crippen LogP contribution is 2.31. The molecule has 4 rings (SSSR count). The Kier molecular flexibility index (Phi) is 5.98. The van der Waals surface area contributed by atoms with Crippen molar-refractivity contribution in [2.24, 2.45) is 0 Å². The van der Waals surface area contributed by atoms with E-state index in [-0.39, 0.29) is 0 Å². The molecule has 3 aromatic carbocycles. The van der Waals surface area contributed by atoms with Crippen LogP contribution in [-0.4, -0.2) is 24.0 Å². The van der Waals surface area contributed by atoms with Crippen LogP contribution in [0.1, 0.15) is 35.6 Å². The highest BCUT2D eigenvalue weighted by atomic mass is 15.2. The van der Waals surface area contributed by atoms with Gasteiger partial charge in [0.25, 0.3) is 0 Å². The van der Waals surface area contributed by atoms with E-state index in [4.69, 9.17) is 0 Å². The van der Waals surface area contributed by atoms with Gasteiger partial charge < -0.3 is 5.32 Å². The van der Waals surface area contributed by atoms with Gasteiger partial charge in [0.1, 0.15) is 0 Å². The fraction of sp³-hybridized carbons (Fsp3) is 0.280. The number of piperidine rings is 1. The maximum absolute atomic E-state index is 3.75. The molecule has 0 saturated carbocycles. The summed E-state index contributed by atoms with van der Waals surface area (Å²) in [5.74, 6) is 0. The second kappa shape index (κ2) is 8.98. The summed E-state index contributed by atoms with van der Waals surface area (Å²) in [7, 11) is 0. The lowest BCUT2D eigenvalue weighted by atomic mass is 9.94. The van der Waals surface area contributed by atoms with Crippen molar-refractivity contribution in [3.05, 3.63) is 108 Å². The zero-order chi connectivity index (χ0) is 18.3. The quantitative estimate of drug-likeness (QED) is 0.666. The molecule has 138 valence electrons. The third kappa shape index (κ3) is 4.65. The third-order valence-electron chi connectivity index (χ3n) is 5.56. The first-order chi connectivity index (χ1) is 13.4. The Hall–Kier alpha value is -2.42. The molecule has 1 saturated heterocycles. The highest BCUT2D eigenvalue weighted by molar-refractivity contribution is 5.32. The lowest BCUT2D eigenvalue weighted by molar-refractivity contribution is 0.162. The number of hydrogen-bond acceptors (Lipinski definition) is 2. The van der Waals surface area contributed by atoms with Gasteiger partial charge in [-0.15, -0.1) is 0 Å². The summed E-state index contributed by atoms with van der Waals surface area (Å²) in [6.45, 7) is 3.22. The molecule has 0 bridgehead atoms. The predicted molar refractivity (Wildman–Crippen MR) is 113 cm³/mol. The van der Waals surface area contributed by atoms with Crippen LogP contribution in [0.3, 0.4) is 0 Å². The number of hydrogen-bond donors (Lipinski definition) is 1. The van der Waals surface area contributed by atoms with Crippen molar-refractivity contribution >= 4 is 0 Å². The van der Waals surface area contributed by atoms with Crippen LogP contribution in [0.4, 0.5) is 0 Å². The molecule has 1 aliphatic rings. The maximum atomic E-state index is 3.75. The van der Waals surface area contributed by atoms with Crippen molar-refractivity contribution in [2.45, 2.75) is 31.5 Å². The SMILES string of the molecule is c1ccc(CNC2CCN(C(c3ccccc3)c3ccccc3)CC2)cc1. The van der Waals surface area contributed by atoms with Crippen molar-refractivity contribution in [3.8, 4) is 0 Å². The van der Waals surface area contributed by atoms with Gasteiger partial charge >= 0.3 is 0 Å². The summed E-state index contributed by atoms with van der Waals surface area (Å²) in [4.78, 5) is 2.64. The van der Waals surface area contributed by atoms with Crippen LogP contribution >= 0.6 is 0 Å². The molecule has 0 spiro atoms. The summed E-state index contributed by atoms with van der Waals surface area (Å²) in [5.41, 5.74) is 4.14. The summed E-state index contributed by atoms with van der Waals surface area (Å²) >= 11 is 0. The molecule has 0 amide bonds. The lowest BCUT2D eigenvalue weighted by Crippen LogP contribution is -2.43. The van der Waals surface area contributed by atoms with Crippen molar-refractivity contribution in [3.63, 3.8) is 0 Å². The van der Waals surface area contributed by atoms with Gasteiger partial charge in [-0.2, -0.15) is 0 Å². The summed E-state index contributed by atoms with van der Waals surface area (Å²) < 4.78 is 0. The average Bonchev–Trinajstić information content (AvgIpc) is 2.76. The highest BCUT2D eigenvalue weighted by Gasteiger charge is 2.26. The first kappa shape index (κ1) is 18.0. The first-order valence-corrected chi connectivity index (χ1v) is 10.0. The molecule has 1 N–H and O–H groups in total. The van der Waals surface area contributed by atoms with Crippen LogP contribution < -0.4 is 5.32 Å². The van der Waals surface area contributed by atoms with Crippen LogP contribution in [0.15, 0.2) is 91.0 Å². The van der Waals surface area contributed by atoms with E-state index in [1.807, 2.05) is 0 Å². The molecule has 0 radical (unpaired) electrons. The molecule has 2 nitrogen and oxygen atoms in total. The monoisotopic (exact) mass is 356 g/mol. The van der Waals surface area contributed by atoms with Gasteiger partial charge in [0, 0.05) is 25.7 Å². The number of likely N-dealkylation sites (tertiary alicyclic amines) is 1. The van der Waals surface area contributed by atoms with E-state index in [1.54, 1.807) is 0 Å². The van der Waals surface area contributed by atoms with Crippen molar-refractivity contribution < 1.29 is 0 Å². The molecule has 0 aliphatic carbocycles. The fourth-order valence-corrected chi connectivity index (χ4v) is 4.10. The molecule has 1 heterocycles. The zero-order valence-corrected chi connectivity index (χ0v) is 15.8. The molecule has 3 aromatic rings. The van der Waals surface area contributed by atoms with Gasteiger partial charge in [-0.3, -0.25) is 4.90 Å². The third-order valence-corrected chi connectivity index (χ3v) is 5.56. The van der Waals surface area contributed by atoms with E-state index < -0.39 is 0 Å². The van der Waals surface area contributed by atoms with Gasteiger partial charge in [0.15, 0.2) is 0 Å². The molecule has 27 heavy (non-hydrogen) atoms. The van der Waals surface area contributed by atoms with E-state index in [0.717, 1.165) is 19.6 Å². The number of nitrogens with zero attached hydrogens (tertiary/aromatic N) is 1. The summed E-state index contributed by atoms with van der Waals surface area (Å²) in [5, 5.41) is 3.75. The summed E-state index contributed by atoms with van der Waals surface area (Å²) in [6.07, 6.45) is 2.39. The first-order valence-electron chi connectivity index (χ1n) is 10.0. The molecular weight excluding hydrogens is 328 g/mol. The van der Waals surface area contributed by atoms with E-state index in [1.165, 1.54) is 29.5 Å². The molecule has 2 heteroatoms. The Morgan fingerprint density at radius 2 is 1.19 bits per heavy atom. The van der Waals surface area contributed by atoms with Crippen LogP contribution in [0.2, 0.25) is 0 Å². The molecule has 0 aromatic heterocycles. The normalized spacial score (nSPS) is 15.9. The largest absolute Gasteiger partial charge is 0.310 e. The summed E-state index contributed by atoms with van der Waals surface area (Å²) in [6, 6.07) is 33.5. The Morgan fingerprint density at radius 1 is 0.704 bits per heavy atom. The Balaban J connectivity index is 1.41. The minimum absolute atomic E-state index is 0.350. The molecule has 0 atom stereocenters. The topological polar surface area (TPSA) is 15.3 Å². The minimum Gasteiger partial charge on any atom is -0.310 e. The molecule has 1 aliphatic heterocycles. The van der Waals surface area contributed by atoms with Crippen LogP contribution in [0.5, 0.6) is 0 Å². The Bertz CT molecular complexity index is 754. The Labute approximate surface area is 162 Å². The predicted octanol–water partition coefficient (Wildman–Crippen LogP) is 5.03. The van der Waals surface area contributed by atoms with Crippen molar-refractivity contribution in [1.82, 2.24) is 10.2 Å². The molecule has 0 unspecified atom stereocenters. The second-order valence-electron chi connectivity index (χ2n) is 7.40. The Morgan fingerprint density at radius 3 is 1.70 bits per heavy atom. The van der Waals surface area contributed by atoms with E-state index in [2.05, 4.69) is 101 Å². The van der Waals surface area contributed by atoms with E-state index in [9.17, 15) is 0 Å². The standard InChI is InChI=1S/C25H28N2/c1-4-10-21(11-5-1)20-26-24-16-18-27(19-17-24)25(22-12-6-2-7-13-22)23-14-8-3-9-15-23/h1-15,24-26H,16-20H2. The van der Waals surface area contributed by atoms with Gasteiger partial charge in [-0.05, 0) is 29.5 Å². The van der Waals surface area contributed by atoms with Crippen molar-refractivity contribution in [1.29, 1.82) is 0 Å².